The van der Waals surface area contributed by atoms with Crippen LogP contribution in [-0.4, -0.2) is 9.55 Å². The van der Waals surface area contributed by atoms with Gasteiger partial charge in [0.2, 0.25) is 0 Å². The van der Waals surface area contributed by atoms with Crippen LogP contribution in [0.5, 0.6) is 0 Å². The molecular formula is C27H22N2. The third-order valence-electron chi connectivity index (χ3n) is 5.64. The first-order valence-electron chi connectivity index (χ1n) is 9.91. The zero-order chi connectivity index (χ0) is 19.7. The molecule has 5 rings (SSSR count). The van der Waals surface area contributed by atoms with E-state index in [2.05, 4.69) is 121 Å². The Labute approximate surface area is 171 Å². The fourth-order valence-corrected chi connectivity index (χ4v) is 4.34. The first-order valence-corrected chi connectivity index (χ1v) is 9.91. The van der Waals surface area contributed by atoms with Crippen LogP contribution in [0.25, 0.3) is 11.0 Å². The molecule has 0 aliphatic rings. The molecule has 5 aromatic rings. The van der Waals surface area contributed by atoms with Crippen molar-refractivity contribution >= 4 is 11.0 Å². The lowest BCUT2D eigenvalue weighted by Crippen LogP contribution is -2.37. The summed E-state index contributed by atoms with van der Waals surface area (Å²) in [7, 11) is 0. The summed E-state index contributed by atoms with van der Waals surface area (Å²) < 4.78 is 2.33. The van der Waals surface area contributed by atoms with Gasteiger partial charge in [-0.1, -0.05) is 97.1 Å². The van der Waals surface area contributed by atoms with Gasteiger partial charge in [-0.2, -0.15) is 0 Å². The Balaban J connectivity index is 1.97. The van der Waals surface area contributed by atoms with Crippen molar-refractivity contribution in [2.75, 3.05) is 0 Å². The lowest BCUT2D eigenvalue weighted by Gasteiger charge is -2.38. The van der Waals surface area contributed by atoms with Gasteiger partial charge in [0.15, 0.2) is 0 Å². The van der Waals surface area contributed by atoms with Gasteiger partial charge in [0.05, 0.1) is 17.4 Å². The van der Waals surface area contributed by atoms with E-state index in [9.17, 15) is 0 Å². The third-order valence-corrected chi connectivity index (χ3v) is 5.64. The van der Waals surface area contributed by atoms with Crippen molar-refractivity contribution in [3.8, 4) is 0 Å². The molecule has 0 N–H and O–H groups in total. The number of nitrogens with zero attached hydrogens (tertiary/aromatic N) is 2. The van der Waals surface area contributed by atoms with Crippen molar-refractivity contribution in [3.63, 3.8) is 0 Å². The quantitative estimate of drug-likeness (QED) is 0.343. The van der Waals surface area contributed by atoms with E-state index < -0.39 is 5.54 Å². The molecule has 0 atom stereocenters. The summed E-state index contributed by atoms with van der Waals surface area (Å²) in [4.78, 5) is 4.77. The summed E-state index contributed by atoms with van der Waals surface area (Å²) in [5.41, 5.74) is 6.45. The molecule has 140 valence electrons. The van der Waals surface area contributed by atoms with Crippen LogP contribution in [0.15, 0.2) is 116 Å². The Hall–Kier alpha value is -3.65. The molecule has 2 heteroatoms. The number of aryl methyl sites for hydroxylation is 1. The van der Waals surface area contributed by atoms with Gasteiger partial charge in [-0.05, 0) is 41.3 Å². The predicted octanol–water partition coefficient (Wildman–Crippen LogP) is 6.18. The number of rotatable bonds is 4. The molecular weight excluding hydrogens is 352 g/mol. The number of aromatic nitrogens is 2. The molecule has 0 fully saturated rings. The normalized spacial score (nSPS) is 11.6. The maximum atomic E-state index is 4.77. The van der Waals surface area contributed by atoms with Crippen LogP contribution in [0.1, 0.15) is 22.3 Å². The van der Waals surface area contributed by atoms with E-state index in [1.54, 1.807) is 0 Å². The molecule has 0 spiro atoms. The van der Waals surface area contributed by atoms with Crippen molar-refractivity contribution in [1.29, 1.82) is 0 Å². The highest BCUT2D eigenvalue weighted by Crippen LogP contribution is 2.42. The van der Waals surface area contributed by atoms with Crippen LogP contribution in [0.2, 0.25) is 0 Å². The van der Waals surface area contributed by atoms with Crippen LogP contribution >= 0.6 is 0 Å². The zero-order valence-electron chi connectivity index (χ0n) is 16.4. The molecule has 29 heavy (non-hydrogen) atoms. The van der Waals surface area contributed by atoms with E-state index in [1.807, 2.05) is 6.33 Å². The standard InChI is InChI=1S/C27H22N2/c1-21-17-18-25-26(19-21)29(20-28-25)27(22-11-5-2-6-12-22,23-13-7-3-8-14-23)24-15-9-4-10-16-24/h2-20H,1H3. The van der Waals surface area contributed by atoms with Gasteiger partial charge in [-0.15, -0.1) is 0 Å². The van der Waals surface area contributed by atoms with Crippen molar-refractivity contribution in [2.45, 2.75) is 12.5 Å². The van der Waals surface area contributed by atoms with E-state index >= 15 is 0 Å². The van der Waals surface area contributed by atoms with Crippen LogP contribution < -0.4 is 0 Å². The summed E-state index contributed by atoms with van der Waals surface area (Å²) in [5, 5.41) is 0. The van der Waals surface area contributed by atoms with Crippen LogP contribution in [0.4, 0.5) is 0 Å². The SMILES string of the molecule is Cc1ccc2ncn(C(c3ccccc3)(c3ccccc3)c3ccccc3)c2c1. The minimum Gasteiger partial charge on any atom is -0.312 e. The van der Waals surface area contributed by atoms with Gasteiger partial charge in [0, 0.05) is 0 Å². The number of benzene rings is 4. The number of hydrogen-bond donors (Lipinski definition) is 0. The van der Waals surface area contributed by atoms with Crippen LogP contribution in [0, 0.1) is 6.92 Å². The molecule has 2 nitrogen and oxygen atoms in total. The maximum Gasteiger partial charge on any atom is 0.122 e. The molecule has 0 aliphatic heterocycles. The molecule has 4 aromatic carbocycles. The predicted molar refractivity (Wildman–Crippen MR) is 119 cm³/mol. The van der Waals surface area contributed by atoms with Crippen molar-refractivity contribution in [2.24, 2.45) is 0 Å². The molecule has 0 saturated heterocycles. The Morgan fingerprint density at radius 3 is 1.59 bits per heavy atom. The second-order valence-electron chi connectivity index (χ2n) is 7.42. The van der Waals surface area contributed by atoms with Crippen molar-refractivity contribution in [1.82, 2.24) is 9.55 Å². The second-order valence-corrected chi connectivity index (χ2v) is 7.42. The van der Waals surface area contributed by atoms with Crippen LogP contribution in [0.3, 0.4) is 0 Å². The molecule has 1 aromatic heterocycles. The number of imidazole rings is 1. The average molecular weight is 374 g/mol. The Morgan fingerprint density at radius 1 is 0.621 bits per heavy atom. The molecule has 0 saturated carbocycles. The minimum absolute atomic E-state index is 0.522. The van der Waals surface area contributed by atoms with E-state index in [4.69, 9.17) is 4.98 Å². The number of hydrogen-bond acceptors (Lipinski definition) is 1. The molecule has 0 unspecified atom stereocenters. The van der Waals surface area contributed by atoms with E-state index in [0.717, 1.165) is 11.0 Å². The fourth-order valence-electron chi connectivity index (χ4n) is 4.34. The summed E-state index contributed by atoms with van der Waals surface area (Å²) in [6.45, 7) is 2.13. The highest BCUT2D eigenvalue weighted by molar-refractivity contribution is 5.78. The summed E-state index contributed by atoms with van der Waals surface area (Å²) >= 11 is 0. The molecule has 0 bridgehead atoms. The third kappa shape index (κ3) is 2.76. The van der Waals surface area contributed by atoms with Crippen molar-refractivity contribution < 1.29 is 0 Å². The first-order chi connectivity index (χ1) is 14.3. The highest BCUT2D eigenvalue weighted by Gasteiger charge is 2.39. The van der Waals surface area contributed by atoms with Crippen molar-refractivity contribution in [3.05, 3.63) is 138 Å². The van der Waals surface area contributed by atoms with Crippen LogP contribution in [-0.2, 0) is 5.54 Å². The van der Waals surface area contributed by atoms with Gasteiger partial charge in [-0.25, -0.2) is 4.98 Å². The summed E-state index contributed by atoms with van der Waals surface area (Å²) in [6.07, 6.45) is 1.98. The van der Waals surface area contributed by atoms with E-state index in [-0.39, 0.29) is 0 Å². The minimum atomic E-state index is -0.522. The smallest absolute Gasteiger partial charge is 0.122 e. The Morgan fingerprint density at radius 2 is 1.10 bits per heavy atom. The summed E-state index contributed by atoms with van der Waals surface area (Å²) in [6, 6.07) is 38.6. The first kappa shape index (κ1) is 17.4. The zero-order valence-corrected chi connectivity index (χ0v) is 16.4. The molecule has 0 radical (unpaired) electrons. The number of fused-ring (bicyclic) bond motifs is 1. The Bertz CT molecular complexity index is 1140. The Kier molecular flexibility index (Phi) is 4.25. The van der Waals surface area contributed by atoms with Gasteiger partial charge >= 0.3 is 0 Å². The lowest BCUT2D eigenvalue weighted by atomic mass is 9.76. The molecule has 0 aliphatic carbocycles. The van der Waals surface area contributed by atoms with Gasteiger partial charge in [-0.3, -0.25) is 0 Å². The maximum absolute atomic E-state index is 4.77. The van der Waals surface area contributed by atoms with Gasteiger partial charge in [0.1, 0.15) is 5.54 Å². The molecule has 1 heterocycles. The fraction of sp³-hybridized carbons (Fsp3) is 0.0741. The van der Waals surface area contributed by atoms with E-state index in [1.165, 1.54) is 22.3 Å². The summed E-state index contributed by atoms with van der Waals surface area (Å²) in [5.74, 6) is 0. The van der Waals surface area contributed by atoms with Gasteiger partial charge < -0.3 is 4.57 Å². The van der Waals surface area contributed by atoms with Gasteiger partial charge in [0.25, 0.3) is 0 Å². The average Bonchev–Trinajstić information content (AvgIpc) is 3.20. The largest absolute Gasteiger partial charge is 0.312 e. The topological polar surface area (TPSA) is 17.8 Å². The molecule has 0 amide bonds. The second kappa shape index (κ2) is 7.06. The highest BCUT2D eigenvalue weighted by atomic mass is 15.1. The lowest BCUT2D eigenvalue weighted by molar-refractivity contribution is 0.529. The monoisotopic (exact) mass is 374 g/mol. The van der Waals surface area contributed by atoms with E-state index in [0.29, 0.717) is 0 Å².